The summed E-state index contributed by atoms with van der Waals surface area (Å²) in [6.45, 7) is 1.44. The number of methoxy groups -OCH3 is 1. The number of allylic oxidation sites excluding steroid dienone is 5. The third kappa shape index (κ3) is 4.94. The SMILES string of the molecule is COc1cc2c(cc1OCc1ccccc1)CCNC2/C=C/C1=CC(c2ncco2)=CCC1. The van der Waals surface area contributed by atoms with E-state index in [0.717, 1.165) is 48.4 Å². The van der Waals surface area contributed by atoms with Crippen LogP contribution in [0.25, 0.3) is 5.57 Å². The molecule has 1 aliphatic heterocycles. The molecular weight excluding hydrogens is 412 g/mol. The highest BCUT2D eigenvalue weighted by atomic mass is 16.5. The molecule has 5 rings (SSSR count). The van der Waals surface area contributed by atoms with Crippen LogP contribution in [0.3, 0.4) is 0 Å². The van der Waals surface area contributed by atoms with Gasteiger partial charge in [-0.3, -0.25) is 0 Å². The summed E-state index contributed by atoms with van der Waals surface area (Å²) in [4.78, 5) is 4.27. The van der Waals surface area contributed by atoms with E-state index >= 15 is 0 Å². The van der Waals surface area contributed by atoms with Crippen molar-refractivity contribution in [3.63, 3.8) is 0 Å². The van der Waals surface area contributed by atoms with E-state index in [1.165, 1.54) is 16.7 Å². The average Bonchev–Trinajstić information content (AvgIpc) is 3.41. The Morgan fingerprint density at radius 2 is 2.06 bits per heavy atom. The molecular formula is C28H28N2O3. The predicted octanol–water partition coefficient (Wildman–Crippen LogP) is 5.81. The molecule has 2 aromatic carbocycles. The number of rotatable bonds is 7. The highest BCUT2D eigenvalue weighted by Crippen LogP contribution is 2.36. The fraction of sp³-hybridized carbons (Fsp3) is 0.250. The summed E-state index contributed by atoms with van der Waals surface area (Å²) < 4.78 is 17.3. The summed E-state index contributed by atoms with van der Waals surface area (Å²) in [7, 11) is 1.70. The maximum Gasteiger partial charge on any atom is 0.225 e. The maximum absolute atomic E-state index is 6.12. The monoisotopic (exact) mass is 440 g/mol. The van der Waals surface area contributed by atoms with Crippen molar-refractivity contribution in [3.8, 4) is 11.5 Å². The first kappa shape index (κ1) is 21.3. The van der Waals surface area contributed by atoms with Gasteiger partial charge in [0.1, 0.15) is 12.9 Å². The number of aromatic nitrogens is 1. The Morgan fingerprint density at radius 3 is 2.88 bits per heavy atom. The molecule has 33 heavy (non-hydrogen) atoms. The van der Waals surface area contributed by atoms with E-state index in [1.54, 1.807) is 19.6 Å². The van der Waals surface area contributed by atoms with Gasteiger partial charge in [0, 0.05) is 12.1 Å². The Labute approximate surface area is 194 Å². The molecule has 0 saturated heterocycles. The molecule has 1 aromatic heterocycles. The second kappa shape index (κ2) is 9.92. The van der Waals surface area contributed by atoms with Crippen molar-refractivity contribution < 1.29 is 13.9 Å². The summed E-state index contributed by atoms with van der Waals surface area (Å²) in [5.41, 5.74) is 5.99. The van der Waals surface area contributed by atoms with Gasteiger partial charge in [0.05, 0.1) is 19.3 Å². The molecule has 0 radical (unpaired) electrons. The standard InChI is InChI=1S/C28H28N2O3/c1-31-26-18-24-22(17-27(26)33-19-21-6-3-2-4-7-21)12-13-29-25(24)11-10-20-8-5-9-23(16-20)28-30-14-15-32-28/h2-4,6-7,9-11,14-18,25,29H,5,8,12-13,19H2,1H3/b11-10+. The predicted molar refractivity (Wildman–Crippen MR) is 129 cm³/mol. The van der Waals surface area contributed by atoms with Gasteiger partial charge in [-0.1, -0.05) is 48.6 Å². The van der Waals surface area contributed by atoms with E-state index in [9.17, 15) is 0 Å². The molecule has 0 saturated carbocycles. The first-order valence-electron chi connectivity index (χ1n) is 11.4. The molecule has 0 fully saturated rings. The molecule has 5 heteroatoms. The molecule has 1 aliphatic carbocycles. The number of hydrogen-bond acceptors (Lipinski definition) is 5. The van der Waals surface area contributed by atoms with Gasteiger partial charge < -0.3 is 19.2 Å². The van der Waals surface area contributed by atoms with Gasteiger partial charge in [-0.05, 0) is 59.7 Å². The lowest BCUT2D eigenvalue weighted by molar-refractivity contribution is 0.283. The first-order valence-corrected chi connectivity index (χ1v) is 11.4. The third-order valence-corrected chi connectivity index (χ3v) is 6.08. The first-order chi connectivity index (χ1) is 16.3. The lowest BCUT2D eigenvalue weighted by Crippen LogP contribution is -2.28. The summed E-state index contributed by atoms with van der Waals surface area (Å²) in [5.74, 6) is 2.23. The number of fused-ring (bicyclic) bond motifs is 1. The summed E-state index contributed by atoms with van der Waals surface area (Å²) in [6, 6.07) is 14.6. The molecule has 5 nitrogen and oxygen atoms in total. The molecule has 1 N–H and O–H groups in total. The van der Waals surface area contributed by atoms with E-state index in [-0.39, 0.29) is 6.04 Å². The summed E-state index contributed by atoms with van der Waals surface area (Å²) in [6.07, 6.45) is 15.1. The fourth-order valence-electron chi connectivity index (χ4n) is 4.37. The molecule has 0 bridgehead atoms. The Balaban J connectivity index is 1.35. The van der Waals surface area contributed by atoms with Crippen molar-refractivity contribution in [2.24, 2.45) is 0 Å². The summed E-state index contributed by atoms with van der Waals surface area (Å²) >= 11 is 0. The van der Waals surface area contributed by atoms with Crippen LogP contribution in [0.15, 0.2) is 89.2 Å². The number of benzene rings is 2. The second-order valence-electron chi connectivity index (χ2n) is 8.27. The van der Waals surface area contributed by atoms with Crippen molar-refractivity contribution in [2.45, 2.75) is 31.9 Å². The quantitative estimate of drug-likeness (QED) is 0.503. The van der Waals surface area contributed by atoms with E-state index < -0.39 is 0 Å². The summed E-state index contributed by atoms with van der Waals surface area (Å²) in [5, 5.41) is 3.63. The molecule has 1 unspecified atom stereocenters. The molecule has 2 heterocycles. The van der Waals surface area contributed by atoms with Gasteiger partial charge in [0.15, 0.2) is 11.5 Å². The number of nitrogens with one attached hydrogen (secondary N) is 1. The van der Waals surface area contributed by atoms with E-state index in [1.807, 2.05) is 18.2 Å². The molecule has 168 valence electrons. The Bertz CT molecular complexity index is 1180. The van der Waals surface area contributed by atoms with Crippen LogP contribution in [-0.2, 0) is 13.0 Å². The van der Waals surface area contributed by atoms with Crippen LogP contribution in [0, 0.1) is 0 Å². The lowest BCUT2D eigenvalue weighted by atomic mass is 9.92. The van der Waals surface area contributed by atoms with Gasteiger partial charge in [-0.25, -0.2) is 4.98 Å². The molecule has 3 aromatic rings. The maximum atomic E-state index is 6.12. The minimum Gasteiger partial charge on any atom is -0.493 e. The van der Waals surface area contributed by atoms with Crippen LogP contribution in [0.1, 0.15) is 41.5 Å². The van der Waals surface area contributed by atoms with Gasteiger partial charge in [0.2, 0.25) is 5.89 Å². The van der Waals surface area contributed by atoms with Crippen LogP contribution in [0.4, 0.5) is 0 Å². The van der Waals surface area contributed by atoms with Gasteiger partial charge in [-0.2, -0.15) is 0 Å². The van der Waals surface area contributed by atoms with Crippen molar-refractivity contribution in [1.29, 1.82) is 0 Å². The van der Waals surface area contributed by atoms with E-state index in [2.05, 4.69) is 58.9 Å². The number of oxazole rings is 1. The normalized spacial score (nSPS) is 17.9. The van der Waals surface area contributed by atoms with Crippen molar-refractivity contribution in [2.75, 3.05) is 13.7 Å². The van der Waals surface area contributed by atoms with Crippen LogP contribution in [0.5, 0.6) is 11.5 Å². The average molecular weight is 441 g/mol. The minimum atomic E-state index is 0.128. The lowest BCUT2D eigenvalue weighted by Gasteiger charge is -2.26. The molecule has 1 atom stereocenters. The molecule has 2 aliphatic rings. The van der Waals surface area contributed by atoms with Gasteiger partial charge in [-0.15, -0.1) is 0 Å². The van der Waals surface area contributed by atoms with Crippen molar-refractivity contribution in [1.82, 2.24) is 10.3 Å². The zero-order valence-electron chi connectivity index (χ0n) is 18.8. The molecule has 0 spiro atoms. The van der Waals surface area contributed by atoms with E-state index in [0.29, 0.717) is 12.5 Å². The van der Waals surface area contributed by atoms with E-state index in [4.69, 9.17) is 13.9 Å². The van der Waals surface area contributed by atoms with Crippen LogP contribution < -0.4 is 14.8 Å². The van der Waals surface area contributed by atoms with Crippen LogP contribution in [-0.4, -0.2) is 18.6 Å². The van der Waals surface area contributed by atoms with Gasteiger partial charge in [0.25, 0.3) is 0 Å². The van der Waals surface area contributed by atoms with Gasteiger partial charge >= 0.3 is 0 Å². The highest BCUT2D eigenvalue weighted by molar-refractivity contribution is 5.71. The topological polar surface area (TPSA) is 56.5 Å². The minimum absolute atomic E-state index is 0.128. The Kier molecular flexibility index (Phi) is 6.40. The largest absolute Gasteiger partial charge is 0.493 e. The van der Waals surface area contributed by atoms with Crippen molar-refractivity contribution in [3.05, 3.63) is 107 Å². The zero-order valence-corrected chi connectivity index (χ0v) is 18.8. The fourth-order valence-corrected chi connectivity index (χ4v) is 4.37. The third-order valence-electron chi connectivity index (χ3n) is 6.08. The smallest absolute Gasteiger partial charge is 0.225 e. The number of ether oxygens (including phenoxy) is 2. The van der Waals surface area contributed by atoms with Crippen LogP contribution in [0.2, 0.25) is 0 Å². The van der Waals surface area contributed by atoms with Crippen LogP contribution >= 0.6 is 0 Å². The molecule has 0 amide bonds. The zero-order chi connectivity index (χ0) is 22.5. The Hall–Kier alpha value is -3.57. The Morgan fingerprint density at radius 1 is 1.15 bits per heavy atom. The highest BCUT2D eigenvalue weighted by Gasteiger charge is 2.21. The van der Waals surface area contributed by atoms with Crippen molar-refractivity contribution >= 4 is 5.57 Å². The second-order valence-corrected chi connectivity index (χ2v) is 8.27. The number of nitrogens with zero attached hydrogens (tertiary/aromatic N) is 1. The number of hydrogen-bond donors (Lipinski definition) is 1.